The highest BCUT2D eigenvalue weighted by atomic mass is 32.2. The molecule has 3 aromatic rings. The highest BCUT2D eigenvalue weighted by Gasteiger charge is 2.34. The molecule has 2 aromatic heterocycles. The zero-order valence-corrected chi connectivity index (χ0v) is 18.0. The number of carbonyl (C=O) groups is 1. The Kier molecular flexibility index (Phi) is 5.79. The predicted octanol–water partition coefficient (Wildman–Crippen LogP) is 3.04. The monoisotopic (exact) mass is 446 g/mol. The molecule has 0 spiro atoms. The predicted molar refractivity (Wildman–Crippen MR) is 113 cm³/mol. The number of amides is 1. The average molecular weight is 447 g/mol. The second kappa shape index (κ2) is 8.35. The first kappa shape index (κ1) is 20.8. The van der Waals surface area contributed by atoms with Crippen molar-refractivity contribution in [3.8, 4) is 0 Å². The Labute approximate surface area is 179 Å². The number of nitrogens with one attached hydrogen (secondary N) is 2. The number of sulfonamides is 1. The minimum absolute atomic E-state index is 0.0563. The van der Waals surface area contributed by atoms with Gasteiger partial charge in [0, 0.05) is 16.9 Å². The van der Waals surface area contributed by atoms with Gasteiger partial charge in [0.25, 0.3) is 5.91 Å². The Bertz CT molecular complexity index is 1120. The number of rotatable bonds is 7. The first-order valence-electron chi connectivity index (χ1n) is 9.48. The number of carbonyl (C=O) groups excluding carboxylic acids is 1. The lowest BCUT2D eigenvalue weighted by Crippen LogP contribution is -2.43. The number of ether oxygens (including phenoxy) is 1. The smallest absolute Gasteiger partial charge is 0.251 e. The molecule has 1 amide bonds. The maximum atomic E-state index is 12.6. The summed E-state index contributed by atoms with van der Waals surface area (Å²) in [6.45, 7) is 2.98. The highest BCUT2D eigenvalue weighted by molar-refractivity contribution is 7.89. The summed E-state index contributed by atoms with van der Waals surface area (Å²) in [5.74, 6) is 0.233. The summed E-state index contributed by atoms with van der Waals surface area (Å²) < 4.78 is 38.4. The van der Waals surface area contributed by atoms with E-state index in [9.17, 15) is 13.2 Å². The molecule has 0 saturated carbocycles. The Morgan fingerprint density at radius 2 is 2.00 bits per heavy atom. The standard InChI is InChI=1S/C21H22N2O5S2/c1-21(18-9-12-29-19(18)8-11-28-21)14-22-20(24)15-4-6-17(7-5-15)30(25,26)23-13-16-3-2-10-27-16/h2-7,9-10,12,23H,8,11,13-14H2,1H3,(H,22,24). The maximum Gasteiger partial charge on any atom is 0.251 e. The van der Waals surface area contributed by atoms with Crippen LogP contribution in [0.4, 0.5) is 0 Å². The molecule has 2 N–H and O–H groups in total. The van der Waals surface area contributed by atoms with Gasteiger partial charge in [-0.2, -0.15) is 0 Å². The van der Waals surface area contributed by atoms with Crippen LogP contribution in [-0.2, 0) is 33.3 Å². The minimum atomic E-state index is -3.71. The van der Waals surface area contributed by atoms with Crippen LogP contribution < -0.4 is 10.0 Å². The third-order valence-electron chi connectivity index (χ3n) is 5.09. The van der Waals surface area contributed by atoms with Crippen molar-refractivity contribution >= 4 is 27.3 Å². The number of benzene rings is 1. The lowest BCUT2D eigenvalue weighted by Gasteiger charge is -2.34. The van der Waals surface area contributed by atoms with Gasteiger partial charge in [0.15, 0.2) is 0 Å². The molecule has 7 nitrogen and oxygen atoms in total. The van der Waals surface area contributed by atoms with Crippen molar-refractivity contribution in [1.29, 1.82) is 0 Å². The summed E-state index contributed by atoms with van der Waals surface area (Å²) >= 11 is 1.70. The summed E-state index contributed by atoms with van der Waals surface area (Å²) in [7, 11) is -3.71. The normalized spacial score (nSPS) is 18.7. The molecule has 1 aliphatic rings. The van der Waals surface area contributed by atoms with E-state index in [1.54, 1.807) is 23.5 Å². The first-order valence-corrected chi connectivity index (χ1v) is 11.8. The topological polar surface area (TPSA) is 97.6 Å². The van der Waals surface area contributed by atoms with Gasteiger partial charge in [-0.1, -0.05) is 0 Å². The van der Waals surface area contributed by atoms with Crippen molar-refractivity contribution in [2.24, 2.45) is 0 Å². The van der Waals surface area contributed by atoms with Crippen molar-refractivity contribution in [3.63, 3.8) is 0 Å². The Morgan fingerprint density at radius 1 is 1.20 bits per heavy atom. The summed E-state index contributed by atoms with van der Waals surface area (Å²) in [5.41, 5.74) is 0.926. The van der Waals surface area contributed by atoms with Gasteiger partial charge in [0.05, 0.1) is 30.9 Å². The highest BCUT2D eigenvalue weighted by Crippen LogP contribution is 2.35. The first-order chi connectivity index (χ1) is 14.4. The fourth-order valence-electron chi connectivity index (χ4n) is 3.40. The molecule has 0 bridgehead atoms. The van der Waals surface area contributed by atoms with E-state index in [0.29, 0.717) is 24.5 Å². The second-order valence-corrected chi connectivity index (χ2v) is 9.97. The molecule has 0 aliphatic carbocycles. The van der Waals surface area contributed by atoms with E-state index < -0.39 is 15.6 Å². The Morgan fingerprint density at radius 3 is 2.73 bits per heavy atom. The molecule has 4 rings (SSSR count). The van der Waals surface area contributed by atoms with Crippen molar-refractivity contribution < 1.29 is 22.4 Å². The van der Waals surface area contributed by atoms with Crippen LogP contribution >= 0.6 is 11.3 Å². The maximum absolute atomic E-state index is 12.6. The molecule has 30 heavy (non-hydrogen) atoms. The van der Waals surface area contributed by atoms with Gasteiger partial charge in [-0.15, -0.1) is 11.3 Å². The van der Waals surface area contributed by atoms with Crippen LogP contribution in [0.15, 0.2) is 63.4 Å². The van der Waals surface area contributed by atoms with Gasteiger partial charge >= 0.3 is 0 Å². The molecule has 0 saturated heterocycles. The van der Waals surface area contributed by atoms with Crippen LogP contribution in [0.1, 0.15) is 33.5 Å². The lowest BCUT2D eigenvalue weighted by atomic mass is 9.93. The van der Waals surface area contributed by atoms with Crippen LogP contribution in [0.2, 0.25) is 0 Å². The third-order valence-corrected chi connectivity index (χ3v) is 7.49. The molecule has 1 atom stereocenters. The number of fused-ring (bicyclic) bond motifs is 1. The van der Waals surface area contributed by atoms with E-state index in [1.807, 2.05) is 18.4 Å². The average Bonchev–Trinajstić information content (AvgIpc) is 3.43. The molecule has 1 aromatic carbocycles. The quantitative estimate of drug-likeness (QED) is 0.581. The van der Waals surface area contributed by atoms with Gasteiger partial charge in [0.1, 0.15) is 11.4 Å². The fraction of sp³-hybridized carbons (Fsp3) is 0.286. The Hall–Kier alpha value is -2.46. The van der Waals surface area contributed by atoms with E-state index in [1.165, 1.54) is 35.4 Å². The van der Waals surface area contributed by atoms with Crippen molar-refractivity contribution in [1.82, 2.24) is 10.0 Å². The van der Waals surface area contributed by atoms with Crippen LogP contribution in [-0.4, -0.2) is 27.5 Å². The Balaban J connectivity index is 1.39. The lowest BCUT2D eigenvalue weighted by molar-refractivity contribution is -0.0425. The molecule has 9 heteroatoms. The van der Waals surface area contributed by atoms with Gasteiger partial charge in [-0.3, -0.25) is 4.79 Å². The minimum Gasteiger partial charge on any atom is -0.468 e. The van der Waals surface area contributed by atoms with Crippen LogP contribution in [0.3, 0.4) is 0 Å². The van der Waals surface area contributed by atoms with Crippen molar-refractivity contribution in [3.05, 3.63) is 75.9 Å². The molecule has 1 aliphatic heterocycles. The van der Waals surface area contributed by atoms with E-state index in [0.717, 1.165) is 12.0 Å². The molecule has 1 unspecified atom stereocenters. The fourth-order valence-corrected chi connectivity index (χ4v) is 5.37. The van der Waals surface area contributed by atoms with Crippen LogP contribution in [0.25, 0.3) is 0 Å². The van der Waals surface area contributed by atoms with Crippen molar-refractivity contribution in [2.45, 2.75) is 30.4 Å². The van der Waals surface area contributed by atoms with Gasteiger partial charge in [0.2, 0.25) is 10.0 Å². The van der Waals surface area contributed by atoms with Gasteiger partial charge in [-0.25, -0.2) is 13.1 Å². The van der Waals surface area contributed by atoms with Crippen LogP contribution in [0.5, 0.6) is 0 Å². The summed E-state index contributed by atoms with van der Waals surface area (Å²) in [6.07, 6.45) is 2.37. The van der Waals surface area contributed by atoms with Crippen molar-refractivity contribution in [2.75, 3.05) is 13.2 Å². The van der Waals surface area contributed by atoms with E-state index >= 15 is 0 Å². The third kappa shape index (κ3) is 4.34. The van der Waals surface area contributed by atoms with Gasteiger partial charge < -0.3 is 14.5 Å². The number of furan rings is 1. The molecular weight excluding hydrogens is 424 g/mol. The second-order valence-electron chi connectivity index (χ2n) is 7.20. The largest absolute Gasteiger partial charge is 0.468 e. The zero-order chi connectivity index (χ0) is 21.2. The van der Waals surface area contributed by atoms with E-state index in [4.69, 9.17) is 9.15 Å². The number of thiophene rings is 1. The van der Waals surface area contributed by atoms with E-state index in [-0.39, 0.29) is 17.3 Å². The molecular formula is C21H22N2O5S2. The molecule has 3 heterocycles. The zero-order valence-electron chi connectivity index (χ0n) is 16.4. The molecule has 0 fully saturated rings. The summed E-state index contributed by atoms with van der Waals surface area (Å²) in [5, 5.41) is 4.95. The molecule has 158 valence electrons. The number of hydrogen-bond acceptors (Lipinski definition) is 6. The van der Waals surface area contributed by atoms with E-state index in [2.05, 4.69) is 10.0 Å². The summed E-state index contributed by atoms with van der Waals surface area (Å²) in [4.78, 5) is 13.9. The molecule has 0 radical (unpaired) electrons. The van der Waals surface area contributed by atoms with Gasteiger partial charge in [-0.05, 0) is 60.3 Å². The van der Waals surface area contributed by atoms with Crippen LogP contribution in [0, 0.1) is 0 Å². The summed E-state index contributed by atoms with van der Waals surface area (Å²) in [6, 6.07) is 11.2. The number of hydrogen-bond donors (Lipinski definition) is 2. The SMILES string of the molecule is CC1(CNC(=O)c2ccc(S(=O)(=O)NCc3ccco3)cc2)OCCc2sccc21.